The summed E-state index contributed by atoms with van der Waals surface area (Å²) in [5, 5.41) is 0. The van der Waals surface area contributed by atoms with Crippen LogP contribution in [0.4, 0.5) is 5.69 Å². The Labute approximate surface area is 142 Å². The number of nitrogens with zero attached hydrogens (tertiary/aromatic N) is 1. The number of ketones is 1. The van der Waals surface area contributed by atoms with E-state index in [0.29, 0.717) is 6.54 Å². The SMILES string of the molecule is CCOC(=O)C1CN(c2cc(Br)c(Br)cc2Br)CC1=O. The van der Waals surface area contributed by atoms with Gasteiger partial charge in [0.2, 0.25) is 0 Å². The summed E-state index contributed by atoms with van der Waals surface area (Å²) in [6, 6.07) is 3.82. The molecule has 20 heavy (non-hydrogen) atoms. The molecule has 0 saturated carbocycles. The number of hydrogen-bond acceptors (Lipinski definition) is 4. The van der Waals surface area contributed by atoms with Crippen LogP contribution < -0.4 is 4.90 Å². The van der Waals surface area contributed by atoms with Gasteiger partial charge < -0.3 is 9.64 Å². The topological polar surface area (TPSA) is 46.6 Å². The zero-order valence-electron chi connectivity index (χ0n) is 10.7. The van der Waals surface area contributed by atoms with Crippen molar-refractivity contribution >= 4 is 65.2 Å². The molecule has 4 nitrogen and oxygen atoms in total. The summed E-state index contributed by atoms with van der Waals surface area (Å²) < 4.78 is 7.61. The highest BCUT2D eigenvalue weighted by atomic mass is 79.9. The number of carbonyl (C=O) groups excluding carboxylic acids is 2. The molecule has 0 spiro atoms. The van der Waals surface area contributed by atoms with Crippen LogP contribution in [-0.4, -0.2) is 31.4 Å². The number of halogens is 3. The molecule has 7 heteroatoms. The van der Waals surface area contributed by atoms with Gasteiger partial charge in [-0.25, -0.2) is 0 Å². The number of carbonyl (C=O) groups is 2. The maximum absolute atomic E-state index is 12.0. The van der Waals surface area contributed by atoms with Crippen molar-refractivity contribution in [3.8, 4) is 0 Å². The first-order valence-electron chi connectivity index (χ1n) is 6.03. The summed E-state index contributed by atoms with van der Waals surface area (Å²) in [5.74, 6) is -1.23. The molecule has 1 saturated heterocycles. The molecule has 2 rings (SSSR count). The standard InChI is InChI=1S/C13H12Br3NO3/c1-2-20-13(19)7-5-17(6-12(7)18)11-4-9(15)8(14)3-10(11)16/h3-4,7H,2,5-6H2,1H3. The van der Waals surface area contributed by atoms with E-state index < -0.39 is 11.9 Å². The number of hydrogen-bond donors (Lipinski definition) is 0. The second-order valence-corrected chi connectivity index (χ2v) is 6.93. The van der Waals surface area contributed by atoms with Gasteiger partial charge in [-0.15, -0.1) is 0 Å². The van der Waals surface area contributed by atoms with Gasteiger partial charge in [0.15, 0.2) is 5.78 Å². The molecule has 1 aliphatic heterocycles. The minimum Gasteiger partial charge on any atom is -0.465 e. The molecule has 1 heterocycles. The van der Waals surface area contributed by atoms with Gasteiger partial charge in [-0.2, -0.15) is 0 Å². The Bertz CT molecular complexity index is 562. The van der Waals surface area contributed by atoms with Gasteiger partial charge >= 0.3 is 5.97 Å². The molecule has 1 unspecified atom stereocenters. The summed E-state index contributed by atoms with van der Waals surface area (Å²) in [6.07, 6.45) is 0. The van der Waals surface area contributed by atoms with E-state index in [1.165, 1.54) is 0 Å². The first kappa shape index (κ1) is 16.0. The number of ether oxygens (including phenoxy) is 1. The fraction of sp³-hybridized carbons (Fsp3) is 0.385. The third-order valence-corrected chi connectivity index (χ3v) is 5.52. The predicted octanol–water partition coefficient (Wildman–Crippen LogP) is 3.54. The Balaban J connectivity index is 2.22. The van der Waals surface area contributed by atoms with E-state index in [0.717, 1.165) is 19.1 Å². The van der Waals surface area contributed by atoms with Gasteiger partial charge in [0, 0.05) is 20.0 Å². The van der Waals surface area contributed by atoms with E-state index in [2.05, 4.69) is 47.8 Å². The monoisotopic (exact) mass is 467 g/mol. The Morgan fingerprint density at radius 1 is 1.30 bits per heavy atom. The van der Waals surface area contributed by atoms with Crippen LogP contribution in [-0.2, 0) is 14.3 Å². The molecule has 1 aromatic carbocycles. The largest absolute Gasteiger partial charge is 0.465 e. The van der Waals surface area contributed by atoms with Crippen molar-refractivity contribution in [1.29, 1.82) is 0 Å². The van der Waals surface area contributed by atoms with Crippen molar-refractivity contribution in [3.05, 3.63) is 25.6 Å². The minimum atomic E-state index is -0.690. The van der Waals surface area contributed by atoms with Crippen LogP contribution in [0.15, 0.2) is 25.6 Å². The highest BCUT2D eigenvalue weighted by Crippen LogP contribution is 2.36. The molecule has 0 N–H and O–H groups in total. The van der Waals surface area contributed by atoms with Crippen LogP contribution >= 0.6 is 47.8 Å². The molecule has 1 aromatic rings. The number of benzene rings is 1. The van der Waals surface area contributed by atoms with Crippen molar-refractivity contribution in [3.63, 3.8) is 0 Å². The minimum absolute atomic E-state index is 0.102. The quantitative estimate of drug-likeness (QED) is 0.386. The van der Waals surface area contributed by atoms with Crippen LogP contribution in [0.3, 0.4) is 0 Å². The first-order chi connectivity index (χ1) is 9.43. The molecule has 108 valence electrons. The molecule has 0 aliphatic carbocycles. The fourth-order valence-corrected chi connectivity index (χ4v) is 3.65. The highest BCUT2D eigenvalue weighted by Gasteiger charge is 2.37. The average Bonchev–Trinajstić information content (AvgIpc) is 2.76. The first-order valence-corrected chi connectivity index (χ1v) is 8.40. The number of Topliss-reactive ketones (excluding diaryl/α,β-unsaturated/α-hetero) is 1. The third kappa shape index (κ3) is 3.26. The van der Waals surface area contributed by atoms with Crippen molar-refractivity contribution in [2.24, 2.45) is 5.92 Å². The lowest BCUT2D eigenvalue weighted by Crippen LogP contribution is -2.25. The van der Waals surface area contributed by atoms with E-state index in [1.807, 2.05) is 17.0 Å². The Morgan fingerprint density at radius 3 is 2.60 bits per heavy atom. The Kier molecular flexibility index (Phi) is 5.25. The van der Waals surface area contributed by atoms with Crippen molar-refractivity contribution in [2.75, 3.05) is 24.6 Å². The molecule has 1 aliphatic rings. The summed E-state index contributed by atoms with van der Waals surface area (Å²) in [7, 11) is 0. The number of anilines is 1. The van der Waals surface area contributed by atoms with E-state index in [4.69, 9.17) is 4.74 Å². The summed E-state index contributed by atoms with van der Waals surface area (Å²) >= 11 is 10.3. The Hall–Kier alpha value is -0.400. The molecule has 0 aromatic heterocycles. The van der Waals surface area contributed by atoms with Crippen molar-refractivity contribution in [1.82, 2.24) is 0 Å². The predicted molar refractivity (Wildman–Crippen MR) is 86.9 cm³/mol. The summed E-state index contributed by atoms with van der Waals surface area (Å²) in [5.41, 5.74) is 0.875. The summed E-state index contributed by atoms with van der Waals surface area (Å²) in [4.78, 5) is 25.6. The highest BCUT2D eigenvalue weighted by molar-refractivity contribution is 9.13. The molecule has 0 radical (unpaired) electrons. The molecule has 0 bridgehead atoms. The fourth-order valence-electron chi connectivity index (χ4n) is 2.07. The van der Waals surface area contributed by atoms with E-state index >= 15 is 0 Å². The van der Waals surface area contributed by atoms with E-state index in [1.54, 1.807) is 6.92 Å². The number of rotatable bonds is 3. The van der Waals surface area contributed by atoms with Crippen LogP contribution in [0.2, 0.25) is 0 Å². The molecular formula is C13H12Br3NO3. The lowest BCUT2D eigenvalue weighted by molar-refractivity contribution is -0.149. The summed E-state index contributed by atoms with van der Waals surface area (Å²) in [6.45, 7) is 2.59. The molecule has 0 amide bonds. The van der Waals surface area contributed by atoms with Gasteiger partial charge in [0.05, 0.1) is 18.8 Å². The molecule has 1 atom stereocenters. The second kappa shape index (κ2) is 6.58. The van der Waals surface area contributed by atoms with Crippen LogP contribution in [0, 0.1) is 5.92 Å². The Morgan fingerprint density at radius 2 is 1.95 bits per heavy atom. The maximum Gasteiger partial charge on any atom is 0.318 e. The van der Waals surface area contributed by atoms with Gasteiger partial charge in [0.25, 0.3) is 0 Å². The zero-order valence-corrected chi connectivity index (χ0v) is 15.4. The molecule has 1 fully saturated rings. The molecular weight excluding hydrogens is 458 g/mol. The smallest absolute Gasteiger partial charge is 0.318 e. The van der Waals surface area contributed by atoms with Gasteiger partial charge in [-0.3, -0.25) is 9.59 Å². The average molecular weight is 470 g/mol. The van der Waals surface area contributed by atoms with Crippen molar-refractivity contribution in [2.45, 2.75) is 6.92 Å². The number of esters is 1. The lowest BCUT2D eigenvalue weighted by Gasteiger charge is -2.19. The van der Waals surface area contributed by atoms with Gasteiger partial charge in [0.1, 0.15) is 5.92 Å². The van der Waals surface area contributed by atoms with Gasteiger partial charge in [-0.1, -0.05) is 0 Å². The lowest BCUT2D eigenvalue weighted by atomic mass is 10.1. The van der Waals surface area contributed by atoms with E-state index in [9.17, 15) is 9.59 Å². The normalized spacial score (nSPS) is 18.5. The third-order valence-electron chi connectivity index (χ3n) is 3.04. The maximum atomic E-state index is 12.0. The zero-order chi connectivity index (χ0) is 14.9. The van der Waals surface area contributed by atoms with Crippen LogP contribution in [0.1, 0.15) is 6.92 Å². The van der Waals surface area contributed by atoms with Crippen molar-refractivity contribution < 1.29 is 14.3 Å². The van der Waals surface area contributed by atoms with Gasteiger partial charge in [-0.05, 0) is 66.8 Å². The van der Waals surface area contributed by atoms with Crippen LogP contribution in [0.5, 0.6) is 0 Å². The second-order valence-electron chi connectivity index (χ2n) is 4.37. The van der Waals surface area contributed by atoms with Crippen LogP contribution in [0.25, 0.3) is 0 Å². The van der Waals surface area contributed by atoms with E-state index in [-0.39, 0.29) is 18.9 Å².